The third-order valence-electron chi connectivity index (χ3n) is 3.93. The molecule has 2 heterocycles. The van der Waals surface area contributed by atoms with Gasteiger partial charge >= 0.3 is 0 Å². The minimum absolute atomic E-state index is 0.0835. The molecule has 0 saturated heterocycles. The fraction of sp³-hybridized carbons (Fsp3) is 0.105. The average molecular weight is 380 g/mol. The molecule has 0 amide bonds. The molecule has 0 unspecified atom stereocenters. The molecule has 1 atom stereocenters. The van der Waals surface area contributed by atoms with Crippen molar-refractivity contribution in [1.29, 1.82) is 0 Å². The van der Waals surface area contributed by atoms with Crippen molar-refractivity contribution < 1.29 is 4.79 Å². The summed E-state index contributed by atoms with van der Waals surface area (Å²) >= 11 is 2.88. The Morgan fingerprint density at radius 1 is 1.12 bits per heavy atom. The molecule has 0 fully saturated rings. The van der Waals surface area contributed by atoms with Crippen LogP contribution in [0.5, 0.6) is 0 Å². The lowest BCUT2D eigenvalue weighted by Crippen LogP contribution is -2.12. The van der Waals surface area contributed by atoms with Crippen LogP contribution in [0, 0.1) is 0 Å². The predicted molar refractivity (Wildman–Crippen MR) is 108 cm³/mol. The Labute approximate surface area is 158 Å². The van der Waals surface area contributed by atoms with Crippen molar-refractivity contribution >= 4 is 50.6 Å². The maximum absolute atomic E-state index is 12.8. The Bertz CT molecular complexity index is 1040. The second kappa shape index (κ2) is 7.31. The first-order chi connectivity index (χ1) is 12.7. The van der Waals surface area contributed by atoms with E-state index in [1.54, 1.807) is 6.20 Å². The van der Waals surface area contributed by atoms with E-state index >= 15 is 0 Å². The number of anilines is 2. The Balaban J connectivity index is 1.46. The normalized spacial score (nSPS) is 12.2. The molecule has 130 valence electrons. The van der Waals surface area contributed by atoms with Crippen LogP contribution in [0.15, 0.2) is 65.1 Å². The highest BCUT2D eigenvalue weighted by atomic mass is 32.2. The number of thioether (sulfide) groups is 1. The fourth-order valence-electron chi connectivity index (χ4n) is 2.65. The van der Waals surface area contributed by atoms with Crippen LogP contribution in [-0.2, 0) is 0 Å². The van der Waals surface area contributed by atoms with Gasteiger partial charge in [0.1, 0.15) is 0 Å². The molecule has 5 nitrogen and oxygen atoms in total. The largest absolute Gasteiger partial charge is 0.360 e. The molecule has 0 aliphatic rings. The third-order valence-corrected chi connectivity index (χ3v) is 5.96. The highest BCUT2D eigenvalue weighted by molar-refractivity contribution is 8.02. The van der Waals surface area contributed by atoms with E-state index < -0.39 is 0 Å². The molecule has 4 rings (SSSR count). The van der Waals surface area contributed by atoms with Crippen molar-refractivity contribution in [1.82, 2.24) is 15.2 Å². The molecule has 0 saturated carbocycles. The molecule has 0 aliphatic carbocycles. The molecule has 0 aliphatic heterocycles. The zero-order chi connectivity index (χ0) is 17.9. The molecular weight excluding hydrogens is 364 g/mol. The van der Waals surface area contributed by atoms with Gasteiger partial charge in [0.25, 0.3) is 0 Å². The van der Waals surface area contributed by atoms with Gasteiger partial charge in [0.15, 0.2) is 10.1 Å². The summed E-state index contributed by atoms with van der Waals surface area (Å²) in [5.41, 5.74) is 2.65. The van der Waals surface area contributed by atoms with Crippen LogP contribution in [0.3, 0.4) is 0 Å². The molecule has 0 spiro atoms. The van der Waals surface area contributed by atoms with Gasteiger partial charge in [0, 0.05) is 28.4 Å². The van der Waals surface area contributed by atoms with Crippen molar-refractivity contribution in [3.8, 4) is 0 Å². The van der Waals surface area contributed by atoms with Gasteiger partial charge < -0.3 is 10.3 Å². The van der Waals surface area contributed by atoms with Gasteiger partial charge in [-0.05, 0) is 25.1 Å². The number of carbonyl (C=O) groups is 1. The fourth-order valence-corrected chi connectivity index (χ4v) is 4.64. The van der Waals surface area contributed by atoms with E-state index in [0.717, 1.165) is 20.9 Å². The summed E-state index contributed by atoms with van der Waals surface area (Å²) in [7, 11) is 0. The van der Waals surface area contributed by atoms with Crippen molar-refractivity contribution in [3.63, 3.8) is 0 Å². The number of fused-ring (bicyclic) bond motifs is 1. The SMILES string of the molecule is C[C@H](Sc1nnc(Nc2ccccc2)s1)C(=O)c1c[nH]c2ccccc12. The molecule has 2 aromatic heterocycles. The Kier molecular flexibility index (Phi) is 4.73. The van der Waals surface area contributed by atoms with Gasteiger partial charge in [-0.2, -0.15) is 0 Å². The number of hydrogen-bond acceptors (Lipinski definition) is 6. The first kappa shape index (κ1) is 16.8. The molecule has 0 bridgehead atoms. The molecular formula is C19H16N4OS2. The van der Waals surface area contributed by atoms with Crippen LogP contribution < -0.4 is 5.32 Å². The van der Waals surface area contributed by atoms with E-state index in [-0.39, 0.29) is 11.0 Å². The Morgan fingerprint density at radius 3 is 2.73 bits per heavy atom. The first-order valence-electron chi connectivity index (χ1n) is 8.13. The molecule has 7 heteroatoms. The zero-order valence-electron chi connectivity index (χ0n) is 14.0. The molecule has 26 heavy (non-hydrogen) atoms. The van der Waals surface area contributed by atoms with Gasteiger partial charge in [-0.25, -0.2) is 0 Å². The summed E-state index contributed by atoms with van der Waals surface area (Å²) in [6, 6.07) is 17.6. The van der Waals surface area contributed by atoms with Crippen molar-refractivity contribution in [3.05, 3.63) is 66.4 Å². The summed E-state index contributed by atoms with van der Waals surface area (Å²) < 4.78 is 0.768. The highest BCUT2D eigenvalue weighted by Gasteiger charge is 2.21. The average Bonchev–Trinajstić information content (AvgIpc) is 3.29. The zero-order valence-corrected chi connectivity index (χ0v) is 15.6. The van der Waals surface area contributed by atoms with Crippen LogP contribution in [0.2, 0.25) is 0 Å². The molecule has 0 radical (unpaired) electrons. The summed E-state index contributed by atoms with van der Waals surface area (Å²) in [4.78, 5) is 16.0. The number of aromatic amines is 1. The minimum atomic E-state index is -0.244. The quantitative estimate of drug-likeness (QED) is 0.359. The van der Waals surface area contributed by atoms with Gasteiger partial charge in [-0.3, -0.25) is 4.79 Å². The highest BCUT2D eigenvalue weighted by Crippen LogP contribution is 2.32. The van der Waals surface area contributed by atoms with E-state index in [1.807, 2.05) is 61.5 Å². The van der Waals surface area contributed by atoms with Gasteiger partial charge in [0.2, 0.25) is 5.13 Å². The van der Waals surface area contributed by atoms with E-state index in [4.69, 9.17) is 0 Å². The number of H-pyrrole nitrogens is 1. The van der Waals surface area contributed by atoms with E-state index in [2.05, 4.69) is 20.5 Å². The number of ketones is 1. The van der Waals surface area contributed by atoms with Crippen LogP contribution >= 0.6 is 23.1 Å². The van der Waals surface area contributed by atoms with Crippen molar-refractivity contribution in [2.24, 2.45) is 0 Å². The van der Waals surface area contributed by atoms with E-state index in [1.165, 1.54) is 23.1 Å². The monoisotopic (exact) mass is 380 g/mol. The molecule has 2 aromatic carbocycles. The number of hydrogen-bond donors (Lipinski definition) is 2. The molecule has 4 aromatic rings. The number of aromatic nitrogens is 3. The lowest BCUT2D eigenvalue weighted by atomic mass is 10.1. The van der Waals surface area contributed by atoms with Gasteiger partial charge in [0.05, 0.1) is 5.25 Å². The van der Waals surface area contributed by atoms with Crippen molar-refractivity contribution in [2.45, 2.75) is 16.5 Å². The second-order valence-electron chi connectivity index (χ2n) is 5.74. The minimum Gasteiger partial charge on any atom is -0.360 e. The number of para-hydroxylation sites is 2. The third kappa shape index (κ3) is 3.49. The summed E-state index contributed by atoms with van der Waals surface area (Å²) in [6.45, 7) is 1.90. The lowest BCUT2D eigenvalue weighted by Gasteiger charge is -2.06. The van der Waals surface area contributed by atoms with Crippen LogP contribution in [0.4, 0.5) is 10.8 Å². The first-order valence-corrected chi connectivity index (χ1v) is 9.83. The van der Waals surface area contributed by atoms with E-state index in [0.29, 0.717) is 10.7 Å². The topological polar surface area (TPSA) is 70.7 Å². The number of rotatable bonds is 6. The van der Waals surface area contributed by atoms with Gasteiger partial charge in [-0.15, -0.1) is 10.2 Å². The van der Waals surface area contributed by atoms with Crippen LogP contribution in [0.1, 0.15) is 17.3 Å². The predicted octanol–water partition coefficient (Wildman–Crippen LogP) is 5.13. The number of nitrogens with one attached hydrogen (secondary N) is 2. The maximum atomic E-state index is 12.8. The second-order valence-corrected chi connectivity index (χ2v) is 8.30. The van der Waals surface area contributed by atoms with Gasteiger partial charge in [-0.1, -0.05) is 59.5 Å². The maximum Gasteiger partial charge on any atom is 0.210 e. The van der Waals surface area contributed by atoms with Crippen molar-refractivity contribution in [2.75, 3.05) is 5.32 Å². The summed E-state index contributed by atoms with van der Waals surface area (Å²) in [5.74, 6) is 0.0835. The number of Topliss-reactive ketones (excluding diaryl/α,β-unsaturated/α-hetero) is 1. The molecule has 2 N–H and O–H groups in total. The Morgan fingerprint density at radius 2 is 1.88 bits per heavy atom. The Hall–Kier alpha value is -2.64. The summed E-state index contributed by atoms with van der Waals surface area (Å²) in [6.07, 6.45) is 1.78. The van der Waals surface area contributed by atoms with Crippen LogP contribution in [-0.4, -0.2) is 26.2 Å². The number of benzene rings is 2. The smallest absolute Gasteiger partial charge is 0.210 e. The standard InChI is InChI=1S/C19H16N4OS2/c1-12(17(24)15-11-20-16-10-6-5-9-14(15)16)25-19-23-22-18(26-19)21-13-7-3-2-4-8-13/h2-12,20H,1H3,(H,21,22)/t12-/m0/s1. The van der Waals surface area contributed by atoms with E-state index in [9.17, 15) is 4.79 Å². The number of carbonyl (C=O) groups excluding carboxylic acids is 1. The number of nitrogens with zero attached hydrogens (tertiary/aromatic N) is 2. The van der Waals surface area contributed by atoms with Crippen LogP contribution in [0.25, 0.3) is 10.9 Å². The summed E-state index contributed by atoms with van der Waals surface area (Å²) in [5, 5.41) is 13.0. The lowest BCUT2D eigenvalue weighted by molar-refractivity contribution is 0.0995.